The summed E-state index contributed by atoms with van der Waals surface area (Å²) >= 11 is 6.13. The largest absolute Gasteiger partial charge is 0.369 e. The Morgan fingerprint density at radius 2 is 2.00 bits per heavy atom. The van der Waals surface area contributed by atoms with Crippen LogP contribution < -0.4 is 16.4 Å². The predicted molar refractivity (Wildman–Crippen MR) is 92.1 cm³/mol. The molecule has 4 N–H and O–H groups in total. The number of guanidine groups is 1. The number of carbonyl (C=O) groups excluding carboxylic acids is 1. The number of hydrogen-bond acceptors (Lipinski definition) is 2. The van der Waals surface area contributed by atoms with Crippen molar-refractivity contribution in [1.82, 2.24) is 10.6 Å². The van der Waals surface area contributed by atoms with Gasteiger partial charge in [-0.3, -0.25) is 9.79 Å². The number of primary amides is 1. The van der Waals surface area contributed by atoms with Gasteiger partial charge in [-0.05, 0) is 38.8 Å². The molecule has 1 aromatic carbocycles. The Morgan fingerprint density at radius 3 is 2.59 bits per heavy atom. The number of amides is 1. The van der Waals surface area contributed by atoms with Gasteiger partial charge in [0.15, 0.2) is 5.96 Å². The molecule has 122 valence electrons. The Hall–Kier alpha value is -1.75. The van der Waals surface area contributed by atoms with E-state index >= 15 is 0 Å². The van der Waals surface area contributed by atoms with Crippen LogP contribution in [0.4, 0.5) is 0 Å². The average molecular weight is 325 g/mol. The maximum Gasteiger partial charge on any atom is 0.224 e. The molecule has 1 rings (SSSR count). The van der Waals surface area contributed by atoms with E-state index in [1.807, 2.05) is 31.2 Å². The summed E-state index contributed by atoms with van der Waals surface area (Å²) in [6.07, 6.45) is 0.795. The summed E-state index contributed by atoms with van der Waals surface area (Å²) in [5.74, 6) is 0.312. The Morgan fingerprint density at radius 1 is 1.32 bits per heavy atom. The summed E-state index contributed by atoms with van der Waals surface area (Å²) < 4.78 is 0. The lowest BCUT2D eigenvalue weighted by Crippen LogP contribution is -2.40. The van der Waals surface area contributed by atoms with Crippen molar-refractivity contribution in [1.29, 1.82) is 0 Å². The minimum absolute atomic E-state index is 0.337. The topological polar surface area (TPSA) is 79.5 Å². The molecule has 0 unspecified atom stereocenters. The third-order valence-corrected chi connectivity index (χ3v) is 3.66. The first-order valence-corrected chi connectivity index (χ1v) is 7.80. The van der Waals surface area contributed by atoms with Crippen LogP contribution in [0, 0.1) is 5.41 Å². The highest BCUT2D eigenvalue weighted by atomic mass is 35.5. The van der Waals surface area contributed by atoms with E-state index in [0.29, 0.717) is 19.0 Å². The van der Waals surface area contributed by atoms with E-state index in [2.05, 4.69) is 15.6 Å². The summed E-state index contributed by atoms with van der Waals surface area (Å²) in [5.41, 5.74) is 5.79. The van der Waals surface area contributed by atoms with Crippen molar-refractivity contribution in [2.45, 2.75) is 27.2 Å². The van der Waals surface area contributed by atoms with Crippen LogP contribution in [0.15, 0.2) is 29.3 Å². The zero-order valence-electron chi connectivity index (χ0n) is 13.4. The van der Waals surface area contributed by atoms with E-state index in [9.17, 15) is 4.79 Å². The van der Waals surface area contributed by atoms with Gasteiger partial charge in [0.2, 0.25) is 5.91 Å². The van der Waals surface area contributed by atoms with Gasteiger partial charge in [0.25, 0.3) is 0 Å². The Kier molecular flexibility index (Phi) is 7.18. The van der Waals surface area contributed by atoms with Crippen LogP contribution in [-0.4, -0.2) is 31.5 Å². The molecule has 0 spiro atoms. The number of hydrogen-bond donors (Lipinski definition) is 3. The van der Waals surface area contributed by atoms with Crippen LogP contribution in [-0.2, 0) is 11.2 Å². The molecule has 1 aromatic rings. The van der Waals surface area contributed by atoms with Gasteiger partial charge in [-0.2, -0.15) is 0 Å². The van der Waals surface area contributed by atoms with Gasteiger partial charge in [-0.1, -0.05) is 29.8 Å². The SMILES string of the molecule is CCNC(=NCC(C)(C)C(N)=O)NCCc1ccccc1Cl. The van der Waals surface area contributed by atoms with Crippen molar-refractivity contribution in [2.75, 3.05) is 19.6 Å². The van der Waals surface area contributed by atoms with E-state index in [0.717, 1.165) is 23.6 Å². The lowest BCUT2D eigenvalue weighted by atomic mass is 9.93. The summed E-state index contributed by atoms with van der Waals surface area (Å²) in [4.78, 5) is 15.7. The van der Waals surface area contributed by atoms with Gasteiger partial charge in [-0.25, -0.2) is 0 Å². The molecule has 5 nitrogen and oxygen atoms in total. The number of halogens is 1. The highest BCUT2D eigenvalue weighted by Gasteiger charge is 2.24. The fraction of sp³-hybridized carbons (Fsp3) is 0.500. The first kappa shape index (κ1) is 18.3. The maximum absolute atomic E-state index is 11.3. The van der Waals surface area contributed by atoms with Gasteiger partial charge in [-0.15, -0.1) is 0 Å². The van der Waals surface area contributed by atoms with Crippen LogP contribution in [0.25, 0.3) is 0 Å². The van der Waals surface area contributed by atoms with E-state index in [4.69, 9.17) is 17.3 Å². The van der Waals surface area contributed by atoms with Gasteiger partial charge in [0.05, 0.1) is 12.0 Å². The van der Waals surface area contributed by atoms with E-state index in [1.54, 1.807) is 13.8 Å². The summed E-state index contributed by atoms with van der Waals surface area (Å²) in [6.45, 7) is 7.34. The number of rotatable bonds is 7. The van der Waals surface area contributed by atoms with Crippen LogP contribution in [0.5, 0.6) is 0 Å². The number of aliphatic imine (C=N–C) groups is 1. The van der Waals surface area contributed by atoms with Crippen molar-refractivity contribution in [3.63, 3.8) is 0 Å². The summed E-state index contributed by atoms with van der Waals surface area (Å²) in [7, 11) is 0. The first-order valence-electron chi connectivity index (χ1n) is 7.42. The third kappa shape index (κ3) is 5.93. The molecule has 0 bridgehead atoms. The quantitative estimate of drug-likeness (QED) is 0.530. The molecule has 0 aromatic heterocycles. The Labute approximate surface area is 137 Å². The summed E-state index contributed by atoms with van der Waals surface area (Å²) in [6, 6.07) is 7.77. The molecule has 0 fully saturated rings. The molecular formula is C16H25ClN4O. The zero-order valence-corrected chi connectivity index (χ0v) is 14.2. The molecular weight excluding hydrogens is 300 g/mol. The average Bonchev–Trinajstić information content (AvgIpc) is 2.46. The van der Waals surface area contributed by atoms with Gasteiger partial charge >= 0.3 is 0 Å². The van der Waals surface area contributed by atoms with E-state index in [1.165, 1.54) is 0 Å². The number of benzene rings is 1. The zero-order chi connectivity index (χ0) is 16.6. The second kappa shape index (κ2) is 8.63. The standard InChI is InChI=1S/C16H25ClN4O/c1-4-19-15(21-11-16(2,3)14(18)22)20-10-9-12-7-5-6-8-13(12)17/h5-8H,4,9-11H2,1-3H3,(H2,18,22)(H2,19,20,21). The highest BCUT2D eigenvalue weighted by Crippen LogP contribution is 2.15. The van der Waals surface area contributed by atoms with Gasteiger partial charge < -0.3 is 16.4 Å². The molecule has 0 radical (unpaired) electrons. The predicted octanol–water partition coefficient (Wildman–Crippen LogP) is 1.95. The van der Waals surface area contributed by atoms with Crippen molar-refractivity contribution < 1.29 is 4.79 Å². The fourth-order valence-corrected chi connectivity index (χ4v) is 1.94. The van der Waals surface area contributed by atoms with Crippen molar-refractivity contribution >= 4 is 23.5 Å². The fourth-order valence-electron chi connectivity index (χ4n) is 1.71. The third-order valence-electron chi connectivity index (χ3n) is 3.29. The van der Waals surface area contributed by atoms with E-state index in [-0.39, 0.29) is 5.91 Å². The molecule has 0 aliphatic rings. The first-order chi connectivity index (χ1) is 10.4. The number of nitrogens with two attached hydrogens (primary N) is 1. The van der Waals surface area contributed by atoms with Crippen LogP contribution in [0.3, 0.4) is 0 Å². The smallest absolute Gasteiger partial charge is 0.224 e. The normalized spacial score (nSPS) is 12.1. The number of nitrogens with zero attached hydrogens (tertiary/aromatic N) is 1. The molecule has 0 atom stereocenters. The van der Waals surface area contributed by atoms with Crippen molar-refractivity contribution in [3.05, 3.63) is 34.9 Å². The van der Waals surface area contributed by atoms with Gasteiger partial charge in [0, 0.05) is 18.1 Å². The van der Waals surface area contributed by atoms with Crippen LogP contribution >= 0.6 is 11.6 Å². The monoisotopic (exact) mass is 324 g/mol. The number of carbonyl (C=O) groups is 1. The lowest BCUT2D eigenvalue weighted by Gasteiger charge is -2.19. The van der Waals surface area contributed by atoms with Gasteiger partial charge in [0.1, 0.15) is 0 Å². The van der Waals surface area contributed by atoms with Crippen molar-refractivity contribution in [3.8, 4) is 0 Å². The second-order valence-corrected chi connectivity index (χ2v) is 6.12. The highest BCUT2D eigenvalue weighted by molar-refractivity contribution is 6.31. The molecule has 0 saturated heterocycles. The van der Waals surface area contributed by atoms with E-state index < -0.39 is 5.41 Å². The number of nitrogens with one attached hydrogen (secondary N) is 2. The van der Waals surface area contributed by atoms with Crippen LogP contribution in [0.1, 0.15) is 26.3 Å². The molecule has 6 heteroatoms. The molecule has 0 aliphatic carbocycles. The summed E-state index contributed by atoms with van der Waals surface area (Å²) in [5, 5.41) is 7.15. The molecule has 22 heavy (non-hydrogen) atoms. The minimum atomic E-state index is -0.662. The second-order valence-electron chi connectivity index (χ2n) is 5.71. The lowest BCUT2D eigenvalue weighted by molar-refractivity contribution is -0.125. The minimum Gasteiger partial charge on any atom is -0.369 e. The molecule has 0 heterocycles. The Balaban J connectivity index is 2.57. The Bertz CT molecular complexity index is 529. The molecule has 0 aliphatic heterocycles. The van der Waals surface area contributed by atoms with Crippen molar-refractivity contribution in [2.24, 2.45) is 16.1 Å². The van der Waals surface area contributed by atoms with Crippen LogP contribution in [0.2, 0.25) is 5.02 Å². The molecule has 1 amide bonds. The maximum atomic E-state index is 11.3. The molecule has 0 saturated carbocycles.